The number of nitrogens with zero attached hydrogens (tertiary/aromatic N) is 3. The summed E-state index contributed by atoms with van der Waals surface area (Å²) >= 11 is 4.01. The molecule has 0 radical (unpaired) electrons. The van der Waals surface area contributed by atoms with E-state index in [2.05, 4.69) is 28.1 Å². The summed E-state index contributed by atoms with van der Waals surface area (Å²) < 4.78 is 1.98. The highest BCUT2D eigenvalue weighted by molar-refractivity contribution is 7.80. The quantitative estimate of drug-likeness (QED) is 0.742. The first-order valence-electron chi connectivity index (χ1n) is 5.48. The van der Waals surface area contributed by atoms with E-state index in [1.54, 1.807) is 0 Å². The third-order valence-electron chi connectivity index (χ3n) is 2.72. The van der Waals surface area contributed by atoms with E-state index in [0.29, 0.717) is 24.6 Å². The molecule has 1 saturated carbocycles. The fourth-order valence-electron chi connectivity index (χ4n) is 1.59. The Hall–Kier alpha value is -1.04. The molecule has 1 fully saturated rings. The Morgan fingerprint density at radius 2 is 2.31 bits per heavy atom. The van der Waals surface area contributed by atoms with E-state index in [1.807, 2.05) is 11.6 Å². The van der Waals surface area contributed by atoms with Crippen LogP contribution in [0.5, 0.6) is 0 Å². The zero-order valence-corrected chi connectivity index (χ0v) is 10.2. The van der Waals surface area contributed by atoms with E-state index in [9.17, 15) is 4.79 Å². The second kappa shape index (κ2) is 4.86. The first-order valence-corrected chi connectivity index (χ1v) is 6.11. The smallest absolute Gasteiger partial charge is 0.221 e. The van der Waals surface area contributed by atoms with Crippen molar-refractivity contribution >= 4 is 18.5 Å². The maximum atomic E-state index is 11.3. The van der Waals surface area contributed by atoms with Crippen LogP contribution in [-0.2, 0) is 18.4 Å². The van der Waals surface area contributed by atoms with Gasteiger partial charge in [0.05, 0.1) is 6.54 Å². The molecular formula is C10H16N4OS. The van der Waals surface area contributed by atoms with E-state index in [4.69, 9.17) is 0 Å². The molecule has 0 bridgehead atoms. The molecule has 1 aliphatic carbocycles. The van der Waals surface area contributed by atoms with Crippen molar-refractivity contribution in [3.8, 4) is 0 Å². The van der Waals surface area contributed by atoms with Crippen LogP contribution in [0.3, 0.4) is 0 Å². The van der Waals surface area contributed by atoms with Crippen LogP contribution in [0, 0.1) is 0 Å². The number of rotatable bonds is 5. The molecule has 1 amide bonds. The third-order valence-corrected chi connectivity index (χ3v) is 2.95. The van der Waals surface area contributed by atoms with E-state index in [-0.39, 0.29) is 5.91 Å². The molecule has 1 aromatic rings. The molecular weight excluding hydrogens is 224 g/mol. The lowest BCUT2D eigenvalue weighted by atomic mass is 10.4. The first-order chi connectivity index (χ1) is 7.72. The Labute approximate surface area is 100 Å². The van der Waals surface area contributed by atoms with Crippen molar-refractivity contribution in [3.63, 3.8) is 0 Å². The van der Waals surface area contributed by atoms with Gasteiger partial charge < -0.3 is 9.88 Å². The van der Waals surface area contributed by atoms with Gasteiger partial charge >= 0.3 is 0 Å². The Morgan fingerprint density at radius 3 is 2.94 bits per heavy atom. The molecule has 16 heavy (non-hydrogen) atoms. The lowest BCUT2D eigenvalue weighted by molar-refractivity contribution is -0.120. The molecule has 5 nitrogen and oxygen atoms in total. The maximum Gasteiger partial charge on any atom is 0.221 e. The monoisotopic (exact) mass is 240 g/mol. The van der Waals surface area contributed by atoms with Gasteiger partial charge in [0.15, 0.2) is 5.82 Å². The van der Waals surface area contributed by atoms with E-state index in [1.165, 1.54) is 12.8 Å². The zero-order valence-electron chi connectivity index (χ0n) is 9.31. The average molecular weight is 240 g/mol. The third kappa shape index (κ3) is 2.55. The molecule has 0 unspecified atom stereocenters. The minimum absolute atomic E-state index is 0.00553. The summed E-state index contributed by atoms with van der Waals surface area (Å²) in [6, 6.07) is 0. The summed E-state index contributed by atoms with van der Waals surface area (Å²) in [4.78, 5) is 11.3. The number of aromatic nitrogens is 3. The van der Waals surface area contributed by atoms with Gasteiger partial charge in [0.1, 0.15) is 5.82 Å². The number of carbonyl (C=O) groups is 1. The van der Waals surface area contributed by atoms with Crippen molar-refractivity contribution in [2.75, 3.05) is 5.75 Å². The van der Waals surface area contributed by atoms with Crippen molar-refractivity contribution in [1.29, 1.82) is 0 Å². The molecule has 88 valence electrons. The molecule has 1 aromatic heterocycles. The fraction of sp³-hybridized carbons (Fsp3) is 0.700. The van der Waals surface area contributed by atoms with Gasteiger partial charge in [0, 0.05) is 19.4 Å². The largest absolute Gasteiger partial charge is 0.349 e. The summed E-state index contributed by atoms with van der Waals surface area (Å²) in [5, 5.41) is 11.0. The second-order valence-corrected chi connectivity index (χ2v) is 4.51. The van der Waals surface area contributed by atoms with Gasteiger partial charge in [-0.3, -0.25) is 4.79 Å². The minimum atomic E-state index is 0.00553. The van der Waals surface area contributed by atoms with Gasteiger partial charge in [0.2, 0.25) is 5.91 Å². The average Bonchev–Trinajstić information content (AvgIpc) is 3.02. The van der Waals surface area contributed by atoms with Crippen LogP contribution in [0.25, 0.3) is 0 Å². The van der Waals surface area contributed by atoms with Crippen molar-refractivity contribution in [3.05, 3.63) is 11.6 Å². The highest BCUT2D eigenvalue weighted by Crippen LogP contribution is 2.38. The van der Waals surface area contributed by atoms with Crippen molar-refractivity contribution < 1.29 is 4.79 Å². The number of thiol groups is 1. The lowest BCUT2D eigenvalue weighted by Gasteiger charge is -2.04. The topological polar surface area (TPSA) is 59.8 Å². The Bertz CT molecular complexity index is 386. The SMILES string of the molecule is Cn1c(CNC(=O)CCS)nnc1C1CC1. The minimum Gasteiger partial charge on any atom is -0.349 e. The predicted octanol–water partition coefficient (Wildman–Crippen LogP) is 0.629. The summed E-state index contributed by atoms with van der Waals surface area (Å²) in [5.74, 6) is 3.01. The number of hydrogen-bond donors (Lipinski definition) is 2. The fourth-order valence-corrected chi connectivity index (χ4v) is 1.80. The van der Waals surface area contributed by atoms with Crippen LogP contribution in [0.4, 0.5) is 0 Å². The van der Waals surface area contributed by atoms with Crippen molar-refractivity contribution in [1.82, 2.24) is 20.1 Å². The van der Waals surface area contributed by atoms with Gasteiger partial charge in [-0.2, -0.15) is 12.6 Å². The van der Waals surface area contributed by atoms with E-state index in [0.717, 1.165) is 11.6 Å². The van der Waals surface area contributed by atoms with Crippen LogP contribution < -0.4 is 5.32 Å². The molecule has 6 heteroatoms. The number of hydrogen-bond acceptors (Lipinski definition) is 4. The van der Waals surface area contributed by atoms with Crippen LogP contribution in [-0.4, -0.2) is 26.4 Å². The molecule has 1 N–H and O–H groups in total. The lowest BCUT2D eigenvalue weighted by Crippen LogP contribution is -2.24. The molecule has 0 saturated heterocycles. The van der Waals surface area contributed by atoms with Gasteiger partial charge in [-0.05, 0) is 18.6 Å². The molecule has 2 rings (SSSR count). The summed E-state index contributed by atoms with van der Waals surface area (Å²) in [5.41, 5.74) is 0. The standard InChI is InChI=1S/C10H16N4OS/c1-14-8(6-11-9(15)4-5-16)12-13-10(14)7-2-3-7/h7,16H,2-6H2,1H3,(H,11,15). The molecule has 1 heterocycles. The molecule has 0 spiro atoms. The van der Waals surface area contributed by atoms with Crippen LogP contribution in [0.1, 0.15) is 36.8 Å². The van der Waals surface area contributed by atoms with Gasteiger partial charge in [-0.25, -0.2) is 0 Å². The normalized spacial score (nSPS) is 15.1. The van der Waals surface area contributed by atoms with E-state index < -0.39 is 0 Å². The number of nitrogens with one attached hydrogen (secondary N) is 1. The van der Waals surface area contributed by atoms with Crippen molar-refractivity contribution in [2.24, 2.45) is 7.05 Å². The van der Waals surface area contributed by atoms with Crippen LogP contribution in [0.15, 0.2) is 0 Å². The van der Waals surface area contributed by atoms with E-state index >= 15 is 0 Å². The summed E-state index contributed by atoms with van der Waals surface area (Å²) in [7, 11) is 1.95. The molecule has 0 aromatic carbocycles. The summed E-state index contributed by atoms with van der Waals surface area (Å²) in [6.45, 7) is 0.447. The first kappa shape index (κ1) is 11.4. The maximum absolute atomic E-state index is 11.3. The predicted molar refractivity (Wildman–Crippen MR) is 63.3 cm³/mol. The van der Waals surface area contributed by atoms with Crippen LogP contribution >= 0.6 is 12.6 Å². The number of carbonyl (C=O) groups excluding carboxylic acids is 1. The Morgan fingerprint density at radius 1 is 1.56 bits per heavy atom. The van der Waals surface area contributed by atoms with Gasteiger partial charge in [-0.15, -0.1) is 10.2 Å². The molecule has 1 aliphatic rings. The highest BCUT2D eigenvalue weighted by atomic mass is 32.1. The number of amides is 1. The summed E-state index contributed by atoms with van der Waals surface area (Å²) in [6.07, 6.45) is 2.85. The van der Waals surface area contributed by atoms with Crippen molar-refractivity contribution in [2.45, 2.75) is 31.7 Å². The Balaban J connectivity index is 1.91. The van der Waals surface area contributed by atoms with Crippen LogP contribution in [0.2, 0.25) is 0 Å². The zero-order chi connectivity index (χ0) is 11.5. The highest BCUT2D eigenvalue weighted by Gasteiger charge is 2.29. The van der Waals surface area contributed by atoms with Gasteiger partial charge in [0.25, 0.3) is 0 Å². The van der Waals surface area contributed by atoms with Gasteiger partial charge in [-0.1, -0.05) is 0 Å². The molecule has 0 aliphatic heterocycles. The Kier molecular flexibility index (Phi) is 3.48. The second-order valence-electron chi connectivity index (χ2n) is 4.06. The molecule has 0 atom stereocenters.